The number of carbonyl (C=O) groups is 1. The summed E-state index contributed by atoms with van der Waals surface area (Å²) in [6, 6.07) is 6.14. The number of nitrogens with one attached hydrogen (secondary N) is 1. The Morgan fingerprint density at radius 1 is 1.40 bits per heavy atom. The highest BCUT2D eigenvalue weighted by Crippen LogP contribution is 2.19. The Hall–Kier alpha value is -2.21. The lowest BCUT2D eigenvalue weighted by Crippen LogP contribution is -2.26. The molecule has 0 saturated carbocycles. The second-order valence-corrected chi connectivity index (χ2v) is 4.79. The monoisotopic (exact) mass is 275 g/mol. The SMILES string of the molecule is O=C(O)c1nn(Cc2ccc(F)cc2)c2c1CCNC2. The molecule has 0 amide bonds. The molecule has 0 saturated heterocycles. The second-order valence-electron chi connectivity index (χ2n) is 4.79. The number of hydrogen-bond donors (Lipinski definition) is 2. The van der Waals surface area contributed by atoms with Crippen LogP contribution in [0, 0.1) is 5.82 Å². The lowest BCUT2D eigenvalue weighted by molar-refractivity contribution is 0.0688. The van der Waals surface area contributed by atoms with Crippen molar-refractivity contribution in [3.8, 4) is 0 Å². The van der Waals surface area contributed by atoms with E-state index in [1.165, 1.54) is 12.1 Å². The van der Waals surface area contributed by atoms with Gasteiger partial charge in [0, 0.05) is 12.1 Å². The van der Waals surface area contributed by atoms with E-state index in [4.69, 9.17) is 0 Å². The summed E-state index contributed by atoms with van der Waals surface area (Å²) < 4.78 is 14.6. The van der Waals surface area contributed by atoms with E-state index in [1.807, 2.05) is 0 Å². The van der Waals surface area contributed by atoms with E-state index in [0.29, 0.717) is 19.5 Å². The minimum absolute atomic E-state index is 0.128. The number of rotatable bonds is 3. The maximum atomic E-state index is 12.9. The first kappa shape index (κ1) is 12.8. The molecular formula is C14H14FN3O2. The summed E-state index contributed by atoms with van der Waals surface area (Å²) in [6.07, 6.45) is 0.667. The van der Waals surface area contributed by atoms with Crippen molar-refractivity contribution in [2.75, 3.05) is 6.54 Å². The summed E-state index contributed by atoms with van der Waals surface area (Å²) in [6.45, 7) is 1.81. The highest BCUT2D eigenvalue weighted by atomic mass is 19.1. The van der Waals surface area contributed by atoms with Crippen LogP contribution in [0.3, 0.4) is 0 Å². The van der Waals surface area contributed by atoms with Gasteiger partial charge >= 0.3 is 5.97 Å². The molecule has 2 N–H and O–H groups in total. The van der Waals surface area contributed by atoms with Crippen LogP contribution in [0.25, 0.3) is 0 Å². The smallest absolute Gasteiger partial charge is 0.356 e. The number of carboxylic acid groups (broad SMARTS) is 1. The first-order valence-corrected chi connectivity index (χ1v) is 6.42. The Morgan fingerprint density at radius 2 is 2.15 bits per heavy atom. The minimum atomic E-state index is -0.999. The average molecular weight is 275 g/mol. The number of carboxylic acids is 1. The van der Waals surface area contributed by atoms with E-state index in [9.17, 15) is 14.3 Å². The van der Waals surface area contributed by atoms with Gasteiger partial charge in [0.05, 0.1) is 12.2 Å². The van der Waals surface area contributed by atoms with Gasteiger partial charge in [0.1, 0.15) is 5.82 Å². The molecule has 2 heterocycles. The lowest BCUT2D eigenvalue weighted by atomic mass is 10.1. The Kier molecular flexibility index (Phi) is 3.23. The Bertz CT molecular complexity index is 649. The molecule has 0 atom stereocenters. The molecule has 2 aromatic rings. The van der Waals surface area contributed by atoms with Gasteiger partial charge in [0.15, 0.2) is 5.69 Å². The summed E-state index contributed by atoms with van der Waals surface area (Å²) >= 11 is 0. The molecule has 104 valence electrons. The summed E-state index contributed by atoms with van der Waals surface area (Å²) in [4.78, 5) is 11.2. The van der Waals surface area contributed by atoms with Gasteiger partial charge in [-0.2, -0.15) is 5.10 Å². The molecule has 1 aromatic heterocycles. The predicted octanol–water partition coefficient (Wildman–Crippen LogP) is 1.41. The van der Waals surface area contributed by atoms with E-state index < -0.39 is 5.97 Å². The van der Waals surface area contributed by atoms with Crippen LogP contribution in [0.2, 0.25) is 0 Å². The van der Waals surface area contributed by atoms with Crippen molar-refractivity contribution < 1.29 is 14.3 Å². The van der Waals surface area contributed by atoms with Crippen molar-refractivity contribution >= 4 is 5.97 Å². The third-order valence-corrected chi connectivity index (χ3v) is 3.46. The van der Waals surface area contributed by atoms with Gasteiger partial charge in [0.25, 0.3) is 0 Å². The van der Waals surface area contributed by atoms with Crippen molar-refractivity contribution in [3.63, 3.8) is 0 Å². The van der Waals surface area contributed by atoms with E-state index in [1.54, 1.807) is 16.8 Å². The highest BCUT2D eigenvalue weighted by Gasteiger charge is 2.24. The summed E-state index contributed by atoms with van der Waals surface area (Å²) in [5.41, 5.74) is 2.72. The molecule has 0 radical (unpaired) electrons. The van der Waals surface area contributed by atoms with Gasteiger partial charge < -0.3 is 10.4 Å². The van der Waals surface area contributed by atoms with Gasteiger partial charge in [-0.1, -0.05) is 12.1 Å². The zero-order valence-corrected chi connectivity index (χ0v) is 10.8. The normalized spacial score (nSPS) is 14.1. The maximum absolute atomic E-state index is 12.9. The van der Waals surface area contributed by atoms with Gasteiger partial charge in [-0.15, -0.1) is 0 Å². The quantitative estimate of drug-likeness (QED) is 0.889. The van der Waals surface area contributed by atoms with Crippen LogP contribution in [0.5, 0.6) is 0 Å². The number of halogens is 1. The van der Waals surface area contributed by atoms with Crippen LogP contribution in [-0.4, -0.2) is 27.4 Å². The molecule has 5 nitrogen and oxygen atoms in total. The van der Waals surface area contributed by atoms with E-state index >= 15 is 0 Å². The van der Waals surface area contributed by atoms with Gasteiger partial charge in [-0.05, 0) is 30.7 Å². The fourth-order valence-electron chi connectivity index (χ4n) is 2.48. The van der Waals surface area contributed by atoms with Crippen LogP contribution in [0.4, 0.5) is 4.39 Å². The third kappa shape index (κ3) is 2.30. The number of nitrogens with zero attached hydrogens (tertiary/aromatic N) is 2. The topological polar surface area (TPSA) is 67.1 Å². The molecule has 1 aliphatic heterocycles. The van der Waals surface area contributed by atoms with Crippen molar-refractivity contribution in [2.45, 2.75) is 19.5 Å². The molecule has 6 heteroatoms. The predicted molar refractivity (Wildman–Crippen MR) is 70.1 cm³/mol. The molecule has 0 unspecified atom stereocenters. The van der Waals surface area contributed by atoms with E-state index in [0.717, 1.165) is 23.4 Å². The number of fused-ring (bicyclic) bond motifs is 1. The summed E-state index contributed by atoms with van der Waals surface area (Å²) in [5, 5.41) is 16.6. The van der Waals surface area contributed by atoms with Gasteiger partial charge in [0.2, 0.25) is 0 Å². The van der Waals surface area contributed by atoms with Crippen LogP contribution in [0.1, 0.15) is 27.3 Å². The number of aromatic carboxylic acids is 1. The van der Waals surface area contributed by atoms with Crippen molar-refractivity contribution in [1.29, 1.82) is 0 Å². The number of aromatic nitrogens is 2. The highest BCUT2D eigenvalue weighted by molar-refractivity contribution is 5.87. The van der Waals surface area contributed by atoms with Crippen LogP contribution >= 0.6 is 0 Å². The molecule has 0 bridgehead atoms. The number of benzene rings is 1. The molecule has 1 aromatic carbocycles. The summed E-state index contributed by atoms with van der Waals surface area (Å²) in [7, 11) is 0. The third-order valence-electron chi connectivity index (χ3n) is 3.46. The Morgan fingerprint density at radius 3 is 2.85 bits per heavy atom. The average Bonchev–Trinajstić information content (AvgIpc) is 2.81. The van der Waals surface area contributed by atoms with Crippen LogP contribution in [-0.2, 0) is 19.5 Å². The first-order valence-electron chi connectivity index (χ1n) is 6.42. The van der Waals surface area contributed by atoms with Crippen LogP contribution < -0.4 is 5.32 Å². The fourth-order valence-corrected chi connectivity index (χ4v) is 2.48. The minimum Gasteiger partial charge on any atom is -0.476 e. The summed E-state index contributed by atoms with van der Waals surface area (Å²) in [5.74, 6) is -1.29. The van der Waals surface area contributed by atoms with Crippen molar-refractivity contribution in [2.24, 2.45) is 0 Å². The largest absolute Gasteiger partial charge is 0.476 e. The molecular weight excluding hydrogens is 261 g/mol. The van der Waals surface area contributed by atoms with E-state index in [2.05, 4.69) is 10.4 Å². The number of hydrogen-bond acceptors (Lipinski definition) is 3. The standard InChI is InChI=1S/C14H14FN3O2/c15-10-3-1-9(2-4-10)8-18-12-7-16-6-5-11(12)13(17-18)14(19)20/h1-4,16H,5-8H2,(H,19,20). The molecule has 0 fully saturated rings. The Labute approximate surface area is 115 Å². The molecule has 3 rings (SSSR count). The van der Waals surface area contributed by atoms with Crippen LogP contribution in [0.15, 0.2) is 24.3 Å². The van der Waals surface area contributed by atoms with Crippen molar-refractivity contribution in [3.05, 3.63) is 52.6 Å². The zero-order valence-electron chi connectivity index (χ0n) is 10.8. The second kappa shape index (κ2) is 5.05. The van der Waals surface area contributed by atoms with Gasteiger partial charge in [-0.25, -0.2) is 9.18 Å². The molecule has 0 spiro atoms. The van der Waals surface area contributed by atoms with Crippen molar-refractivity contribution in [1.82, 2.24) is 15.1 Å². The van der Waals surface area contributed by atoms with E-state index in [-0.39, 0.29) is 11.5 Å². The molecule has 20 heavy (non-hydrogen) atoms. The maximum Gasteiger partial charge on any atom is 0.356 e. The fraction of sp³-hybridized carbons (Fsp3) is 0.286. The molecule has 1 aliphatic rings. The zero-order chi connectivity index (χ0) is 14.1. The van der Waals surface area contributed by atoms with Gasteiger partial charge in [-0.3, -0.25) is 4.68 Å². The lowest BCUT2D eigenvalue weighted by Gasteiger charge is -2.15. The first-order chi connectivity index (χ1) is 9.65. The molecule has 0 aliphatic carbocycles. The Balaban J connectivity index is 1.97.